The van der Waals surface area contributed by atoms with E-state index in [1.54, 1.807) is 24.3 Å². The Morgan fingerprint density at radius 2 is 1.86 bits per heavy atom. The normalized spacial score (nSPS) is 11.3. The van der Waals surface area contributed by atoms with Crippen LogP contribution in [0.3, 0.4) is 0 Å². The van der Waals surface area contributed by atoms with Gasteiger partial charge in [-0.15, -0.1) is 13.2 Å². The molecule has 3 rings (SSSR count). The lowest BCUT2D eigenvalue weighted by atomic mass is 10.1. The van der Waals surface area contributed by atoms with Gasteiger partial charge in [0.05, 0.1) is 19.4 Å². The molecule has 2 aromatic carbocycles. The number of nitrogens with zero attached hydrogens (tertiary/aromatic N) is 1. The first-order valence-corrected chi connectivity index (χ1v) is 8.52. The maximum atomic E-state index is 12.2. The summed E-state index contributed by atoms with van der Waals surface area (Å²) >= 11 is 0. The third kappa shape index (κ3) is 6.27. The number of halogens is 3. The highest BCUT2D eigenvalue weighted by Gasteiger charge is 2.31. The monoisotopic (exact) mass is 407 g/mol. The van der Waals surface area contributed by atoms with Gasteiger partial charge < -0.3 is 19.0 Å². The van der Waals surface area contributed by atoms with Crippen LogP contribution in [0.15, 0.2) is 59.2 Å². The highest BCUT2D eigenvalue weighted by atomic mass is 19.4. The van der Waals surface area contributed by atoms with Crippen molar-refractivity contribution in [1.82, 2.24) is 4.98 Å². The Morgan fingerprint density at radius 3 is 2.55 bits per heavy atom. The average molecular weight is 407 g/mol. The average Bonchev–Trinajstić information content (AvgIpc) is 3.10. The van der Waals surface area contributed by atoms with Crippen LogP contribution in [0, 0.1) is 0 Å². The number of aromatic nitrogens is 1. The predicted molar refractivity (Wildman–Crippen MR) is 95.6 cm³/mol. The Kier molecular flexibility index (Phi) is 6.06. The molecule has 29 heavy (non-hydrogen) atoms. The van der Waals surface area contributed by atoms with Crippen LogP contribution in [0.2, 0.25) is 0 Å². The Balaban J connectivity index is 1.55. The number of carboxylic acids is 1. The van der Waals surface area contributed by atoms with Crippen molar-refractivity contribution in [2.24, 2.45) is 0 Å². The second kappa shape index (κ2) is 8.68. The number of aliphatic carboxylic acids is 1. The van der Waals surface area contributed by atoms with Gasteiger partial charge in [-0.25, -0.2) is 4.98 Å². The van der Waals surface area contributed by atoms with E-state index in [1.807, 2.05) is 0 Å². The second-order valence-electron chi connectivity index (χ2n) is 6.02. The fraction of sp³-hybridized carbons (Fsp3) is 0.200. The number of carbonyl (C=O) groups is 1. The molecule has 0 unspecified atom stereocenters. The van der Waals surface area contributed by atoms with Crippen LogP contribution in [0.4, 0.5) is 13.2 Å². The molecule has 0 aliphatic carbocycles. The summed E-state index contributed by atoms with van der Waals surface area (Å²) in [6.45, 7) is 0.259. The first-order chi connectivity index (χ1) is 13.8. The maximum Gasteiger partial charge on any atom is 0.573 e. The topological polar surface area (TPSA) is 81.8 Å². The minimum absolute atomic E-state index is 0.0902. The molecule has 152 valence electrons. The molecule has 0 amide bonds. The fourth-order valence-electron chi connectivity index (χ4n) is 2.56. The van der Waals surface area contributed by atoms with Crippen molar-refractivity contribution < 1.29 is 37.0 Å². The van der Waals surface area contributed by atoms with Gasteiger partial charge in [0.1, 0.15) is 23.5 Å². The first-order valence-electron chi connectivity index (χ1n) is 8.52. The third-order valence-electron chi connectivity index (χ3n) is 3.77. The predicted octanol–water partition coefficient (Wildman–Crippen LogP) is 4.49. The van der Waals surface area contributed by atoms with Crippen LogP contribution in [-0.4, -0.2) is 29.0 Å². The van der Waals surface area contributed by atoms with E-state index >= 15 is 0 Å². The van der Waals surface area contributed by atoms with Crippen LogP contribution in [-0.2, 0) is 17.6 Å². The molecule has 0 aliphatic rings. The minimum atomic E-state index is -4.74. The quantitative estimate of drug-likeness (QED) is 0.593. The molecule has 0 atom stereocenters. The van der Waals surface area contributed by atoms with Gasteiger partial charge in [-0.2, -0.15) is 0 Å². The number of oxazole rings is 1. The van der Waals surface area contributed by atoms with E-state index in [0.717, 1.165) is 0 Å². The molecule has 0 bridgehead atoms. The van der Waals surface area contributed by atoms with Crippen molar-refractivity contribution in [3.63, 3.8) is 0 Å². The van der Waals surface area contributed by atoms with Crippen molar-refractivity contribution in [2.45, 2.75) is 19.2 Å². The largest absolute Gasteiger partial charge is 0.573 e. The summed E-state index contributed by atoms with van der Waals surface area (Å²) < 4.78 is 51.4. The number of hydrogen-bond donors (Lipinski definition) is 1. The molecule has 6 nitrogen and oxygen atoms in total. The molecule has 0 spiro atoms. The van der Waals surface area contributed by atoms with E-state index in [9.17, 15) is 18.0 Å². The zero-order valence-corrected chi connectivity index (χ0v) is 15.0. The summed E-state index contributed by atoms with van der Waals surface area (Å²) in [5.41, 5.74) is 1.69. The zero-order chi connectivity index (χ0) is 20.9. The number of hydrogen-bond acceptors (Lipinski definition) is 5. The summed E-state index contributed by atoms with van der Waals surface area (Å²) in [4.78, 5) is 15.0. The molecule has 9 heteroatoms. The standard InChI is InChI=1S/C20H16F3NO5/c21-20(22,23)29-15-6-4-14(5-7-15)17-12-28-18(24-17)8-9-27-16-3-1-2-13(10-16)11-19(25)26/h1-7,10,12H,8-9,11H2,(H,25,26). The maximum absolute atomic E-state index is 12.2. The Hall–Kier alpha value is -3.49. The van der Waals surface area contributed by atoms with Gasteiger partial charge in [0.15, 0.2) is 5.89 Å². The van der Waals surface area contributed by atoms with Crippen LogP contribution in [0.1, 0.15) is 11.5 Å². The molecule has 0 saturated carbocycles. The number of ether oxygens (including phenoxy) is 2. The van der Waals surface area contributed by atoms with Gasteiger partial charge in [-0.05, 0) is 42.0 Å². The van der Waals surface area contributed by atoms with Crippen LogP contribution in [0.25, 0.3) is 11.3 Å². The first kappa shape index (κ1) is 20.2. The smallest absolute Gasteiger partial charge is 0.493 e. The van der Waals surface area contributed by atoms with E-state index in [-0.39, 0.29) is 18.8 Å². The van der Waals surface area contributed by atoms with E-state index in [1.165, 1.54) is 30.5 Å². The van der Waals surface area contributed by atoms with Gasteiger partial charge in [0, 0.05) is 5.56 Å². The summed E-state index contributed by atoms with van der Waals surface area (Å²) in [6.07, 6.45) is -3.07. The molecule has 0 fully saturated rings. The highest BCUT2D eigenvalue weighted by molar-refractivity contribution is 5.70. The number of carboxylic acid groups (broad SMARTS) is 1. The van der Waals surface area contributed by atoms with Crippen molar-refractivity contribution >= 4 is 5.97 Å². The fourth-order valence-corrected chi connectivity index (χ4v) is 2.56. The molecule has 1 N–H and O–H groups in total. The summed E-state index contributed by atoms with van der Waals surface area (Å²) in [5, 5.41) is 8.83. The number of benzene rings is 2. The van der Waals surface area contributed by atoms with Gasteiger partial charge in [-0.1, -0.05) is 12.1 Å². The summed E-state index contributed by atoms with van der Waals surface area (Å²) in [7, 11) is 0. The molecule has 3 aromatic rings. The Labute approximate surface area is 163 Å². The van der Waals surface area contributed by atoms with Crippen molar-refractivity contribution in [2.75, 3.05) is 6.61 Å². The van der Waals surface area contributed by atoms with Gasteiger partial charge >= 0.3 is 12.3 Å². The second-order valence-corrected chi connectivity index (χ2v) is 6.02. The van der Waals surface area contributed by atoms with E-state index in [4.69, 9.17) is 14.3 Å². The molecule has 1 aromatic heterocycles. The van der Waals surface area contributed by atoms with Gasteiger partial charge in [0.2, 0.25) is 0 Å². The number of alkyl halides is 3. The third-order valence-corrected chi connectivity index (χ3v) is 3.77. The van der Waals surface area contributed by atoms with Gasteiger partial charge in [-0.3, -0.25) is 4.79 Å². The lowest BCUT2D eigenvalue weighted by Gasteiger charge is -2.08. The summed E-state index contributed by atoms with van der Waals surface area (Å²) in [5.74, 6) is -0.302. The number of rotatable bonds is 8. The summed E-state index contributed by atoms with van der Waals surface area (Å²) in [6, 6.07) is 12.1. The highest BCUT2D eigenvalue weighted by Crippen LogP contribution is 2.26. The van der Waals surface area contributed by atoms with E-state index < -0.39 is 12.3 Å². The minimum Gasteiger partial charge on any atom is -0.493 e. The molecular formula is C20H16F3NO5. The molecule has 0 saturated heterocycles. The molecule has 0 aliphatic heterocycles. The van der Waals surface area contributed by atoms with Crippen LogP contribution < -0.4 is 9.47 Å². The molecular weight excluding hydrogens is 391 g/mol. The molecule has 1 heterocycles. The zero-order valence-electron chi connectivity index (χ0n) is 15.0. The van der Waals surface area contributed by atoms with Crippen LogP contribution in [0.5, 0.6) is 11.5 Å². The van der Waals surface area contributed by atoms with Crippen molar-refractivity contribution in [3.05, 3.63) is 66.2 Å². The lowest BCUT2D eigenvalue weighted by molar-refractivity contribution is -0.274. The van der Waals surface area contributed by atoms with E-state index in [0.29, 0.717) is 34.9 Å². The van der Waals surface area contributed by atoms with E-state index in [2.05, 4.69) is 9.72 Å². The van der Waals surface area contributed by atoms with Crippen molar-refractivity contribution in [3.8, 4) is 22.8 Å². The Morgan fingerprint density at radius 1 is 1.10 bits per heavy atom. The Bertz CT molecular complexity index is 967. The van der Waals surface area contributed by atoms with Crippen molar-refractivity contribution in [1.29, 1.82) is 0 Å². The SMILES string of the molecule is O=C(O)Cc1cccc(OCCc2nc(-c3ccc(OC(F)(F)F)cc3)co2)c1. The van der Waals surface area contributed by atoms with Crippen LogP contribution >= 0.6 is 0 Å². The van der Waals surface area contributed by atoms with Gasteiger partial charge in [0.25, 0.3) is 0 Å². The molecule has 0 radical (unpaired) electrons. The lowest BCUT2D eigenvalue weighted by Crippen LogP contribution is -2.16.